The molecule has 5 heteroatoms. The van der Waals surface area contributed by atoms with Gasteiger partial charge in [0.2, 0.25) is 0 Å². The Morgan fingerprint density at radius 2 is 2.18 bits per heavy atom. The Hall–Kier alpha value is -0.940. The second-order valence-corrected chi connectivity index (χ2v) is 5.39. The number of nitrogens with zero attached hydrogens (tertiary/aromatic N) is 1. The SMILES string of the molecule is CCC(OC)c1nc(CC(C)C)c(C(=O)O)s1. The Kier molecular flexibility index (Phi) is 5.08. The van der Waals surface area contributed by atoms with Gasteiger partial charge in [0.15, 0.2) is 0 Å². The van der Waals surface area contributed by atoms with E-state index in [0.29, 0.717) is 22.9 Å². The first-order chi connectivity index (χ1) is 7.99. The quantitative estimate of drug-likeness (QED) is 0.850. The summed E-state index contributed by atoms with van der Waals surface area (Å²) in [7, 11) is 1.62. The molecule has 0 amide bonds. The minimum atomic E-state index is -0.893. The monoisotopic (exact) mass is 257 g/mol. The van der Waals surface area contributed by atoms with Gasteiger partial charge in [-0.05, 0) is 18.8 Å². The zero-order valence-electron chi connectivity index (χ0n) is 10.7. The summed E-state index contributed by atoms with van der Waals surface area (Å²) in [5, 5.41) is 9.92. The topological polar surface area (TPSA) is 59.4 Å². The summed E-state index contributed by atoms with van der Waals surface area (Å²) in [5.74, 6) is -0.499. The number of rotatable bonds is 6. The number of aromatic carboxylic acids is 1. The maximum Gasteiger partial charge on any atom is 0.347 e. The predicted molar refractivity (Wildman–Crippen MR) is 67.7 cm³/mol. The van der Waals surface area contributed by atoms with Crippen molar-refractivity contribution < 1.29 is 14.6 Å². The van der Waals surface area contributed by atoms with E-state index < -0.39 is 5.97 Å². The third kappa shape index (κ3) is 3.51. The number of ether oxygens (including phenoxy) is 1. The number of thiazole rings is 1. The third-order valence-electron chi connectivity index (χ3n) is 2.44. The van der Waals surface area contributed by atoms with Crippen LogP contribution in [-0.4, -0.2) is 23.2 Å². The molecule has 0 aliphatic heterocycles. The first-order valence-electron chi connectivity index (χ1n) is 5.75. The lowest BCUT2D eigenvalue weighted by Crippen LogP contribution is -2.03. The predicted octanol–water partition coefficient (Wildman–Crippen LogP) is 3.14. The molecule has 96 valence electrons. The highest BCUT2D eigenvalue weighted by molar-refractivity contribution is 7.13. The van der Waals surface area contributed by atoms with Gasteiger partial charge in [-0.3, -0.25) is 0 Å². The van der Waals surface area contributed by atoms with E-state index in [1.807, 2.05) is 6.92 Å². The standard InChI is InChI=1S/C12H19NO3S/c1-5-9(16-4)11-13-8(6-7(2)3)10(17-11)12(14)15/h7,9H,5-6H2,1-4H3,(H,14,15). The number of carboxylic acids is 1. The molecule has 0 saturated carbocycles. The first-order valence-corrected chi connectivity index (χ1v) is 6.56. The molecule has 0 spiro atoms. The fourth-order valence-electron chi connectivity index (χ4n) is 1.64. The van der Waals surface area contributed by atoms with Crippen LogP contribution in [0.2, 0.25) is 0 Å². The molecule has 4 nitrogen and oxygen atoms in total. The molecule has 1 atom stereocenters. The Labute approximate surface area is 106 Å². The van der Waals surface area contributed by atoms with E-state index >= 15 is 0 Å². The average Bonchev–Trinajstić information content (AvgIpc) is 2.63. The smallest absolute Gasteiger partial charge is 0.347 e. The normalized spacial score (nSPS) is 13.0. The van der Waals surface area contributed by atoms with Crippen LogP contribution in [0.1, 0.15) is 53.7 Å². The van der Waals surface area contributed by atoms with Crippen LogP contribution < -0.4 is 0 Å². The number of carbonyl (C=O) groups is 1. The van der Waals surface area contributed by atoms with Crippen LogP contribution in [0.5, 0.6) is 0 Å². The van der Waals surface area contributed by atoms with E-state index in [1.165, 1.54) is 11.3 Å². The van der Waals surface area contributed by atoms with Gasteiger partial charge in [0.1, 0.15) is 16.0 Å². The summed E-state index contributed by atoms with van der Waals surface area (Å²) in [6.45, 7) is 6.11. The molecule has 1 aromatic heterocycles. The van der Waals surface area contributed by atoms with E-state index in [2.05, 4.69) is 18.8 Å². The summed E-state index contributed by atoms with van der Waals surface area (Å²) in [6.07, 6.45) is 1.39. The van der Waals surface area contributed by atoms with Crippen molar-refractivity contribution in [1.29, 1.82) is 0 Å². The summed E-state index contributed by atoms with van der Waals surface area (Å²) >= 11 is 1.23. The number of hydrogen-bond donors (Lipinski definition) is 1. The van der Waals surface area contributed by atoms with Crippen LogP contribution in [0.25, 0.3) is 0 Å². The van der Waals surface area contributed by atoms with Gasteiger partial charge in [0.25, 0.3) is 0 Å². The molecular formula is C12H19NO3S. The lowest BCUT2D eigenvalue weighted by molar-refractivity contribution is 0.0700. The van der Waals surface area contributed by atoms with Gasteiger partial charge in [-0.1, -0.05) is 20.8 Å². The van der Waals surface area contributed by atoms with Crippen molar-refractivity contribution in [2.75, 3.05) is 7.11 Å². The molecule has 1 unspecified atom stereocenters. The summed E-state index contributed by atoms with van der Waals surface area (Å²) in [4.78, 5) is 15.9. The Morgan fingerprint density at radius 1 is 1.53 bits per heavy atom. The van der Waals surface area contributed by atoms with Crippen molar-refractivity contribution in [1.82, 2.24) is 4.98 Å². The molecule has 0 saturated heterocycles. The summed E-state index contributed by atoms with van der Waals surface area (Å²) < 4.78 is 5.29. The van der Waals surface area contributed by atoms with Crippen molar-refractivity contribution in [3.8, 4) is 0 Å². The second kappa shape index (κ2) is 6.12. The van der Waals surface area contributed by atoms with Crippen LogP contribution in [0.4, 0.5) is 0 Å². The zero-order chi connectivity index (χ0) is 13.0. The number of methoxy groups -OCH3 is 1. The van der Waals surface area contributed by atoms with Crippen molar-refractivity contribution >= 4 is 17.3 Å². The fraction of sp³-hybridized carbons (Fsp3) is 0.667. The van der Waals surface area contributed by atoms with Crippen molar-refractivity contribution in [2.24, 2.45) is 5.92 Å². The van der Waals surface area contributed by atoms with Crippen molar-refractivity contribution in [3.63, 3.8) is 0 Å². The Balaban J connectivity index is 3.07. The van der Waals surface area contributed by atoms with Crippen LogP contribution >= 0.6 is 11.3 Å². The van der Waals surface area contributed by atoms with Gasteiger partial charge in [0, 0.05) is 7.11 Å². The third-order valence-corrected chi connectivity index (χ3v) is 3.62. The van der Waals surface area contributed by atoms with E-state index in [0.717, 1.165) is 11.4 Å². The maximum absolute atomic E-state index is 11.1. The molecule has 1 heterocycles. The molecule has 1 aromatic rings. The summed E-state index contributed by atoms with van der Waals surface area (Å²) in [6, 6.07) is 0. The minimum Gasteiger partial charge on any atom is -0.477 e. The maximum atomic E-state index is 11.1. The number of carboxylic acid groups (broad SMARTS) is 1. The van der Waals surface area contributed by atoms with Crippen LogP contribution in [0.3, 0.4) is 0 Å². The molecular weight excluding hydrogens is 238 g/mol. The van der Waals surface area contributed by atoms with Gasteiger partial charge in [-0.25, -0.2) is 9.78 Å². The molecule has 1 N–H and O–H groups in total. The average molecular weight is 257 g/mol. The molecule has 0 radical (unpaired) electrons. The Morgan fingerprint density at radius 3 is 2.59 bits per heavy atom. The minimum absolute atomic E-state index is 0.0981. The van der Waals surface area contributed by atoms with Crippen LogP contribution in [-0.2, 0) is 11.2 Å². The molecule has 0 fully saturated rings. The van der Waals surface area contributed by atoms with Gasteiger partial charge in [0.05, 0.1) is 5.69 Å². The van der Waals surface area contributed by atoms with Crippen molar-refractivity contribution in [3.05, 3.63) is 15.6 Å². The largest absolute Gasteiger partial charge is 0.477 e. The molecule has 0 aliphatic rings. The molecule has 1 rings (SSSR count). The fourth-order valence-corrected chi connectivity index (χ4v) is 2.74. The lowest BCUT2D eigenvalue weighted by atomic mass is 10.1. The van der Waals surface area contributed by atoms with Gasteiger partial charge in [-0.2, -0.15) is 0 Å². The molecule has 0 aromatic carbocycles. The number of hydrogen-bond acceptors (Lipinski definition) is 4. The van der Waals surface area contributed by atoms with Crippen LogP contribution in [0, 0.1) is 5.92 Å². The highest BCUT2D eigenvalue weighted by Gasteiger charge is 2.21. The van der Waals surface area contributed by atoms with Gasteiger partial charge >= 0.3 is 5.97 Å². The van der Waals surface area contributed by atoms with Crippen molar-refractivity contribution in [2.45, 2.75) is 39.7 Å². The second-order valence-electron chi connectivity index (χ2n) is 4.36. The van der Waals surface area contributed by atoms with Crippen LogP contribution in [0.15, 0.2) is 0 Å². The van der Waals surface area contributed by atoms with E-state index in [9.17, 15) is 4.79 Å². The molecule has 0 bridgehead atoms. The summed E-state index contributed by atoms with van der Waals surface area (Å²) in [5.41, 5.74) is 0.683. The zero-order valence-corrected chi connectivity index (χ0v) is 11.5. The number of aromatic nitrogens is 1. The van der Waals surface area contributed by atoms with Gasteiger partial charge in [-0.15, -0.1) is 11.3 Å². The van der Waals surface area contributed by atoms with E-state index in [-0.39, 0.29) is 6.10 Å². The highest BCUT2D eigenvalue weighted by Crippen LogP contribution is 2.29. The van der Waals surface area contributed by atoms with E-state index in [4.69, 9.17) is 9.84 Å². The highest BCUT2D eigenvalue weighted by atomic mass is 32.1. The molecule has 17 heavy (non-hydrogen) atoms. The van der Waals surface area contributed by atoms with Gasteiger partial charge < -0.3 is 9.84 Å². The van der Waals surface area contributed by atoms with E-state index in [1.54, 1.807) is 7.11 Å². The molecule has 0 aliphatic carbocycles. The Bertz CT molecular complexity index is 383. The lowest BCUT2D eigenvalue weighted by Gasteiger charge is -2.08. The first kappa shape index (κ1) is 14.1.